The van der Waals surface area contributed by atoms with Gasteiger partial charge in [0.05, 0.1) is 0 Å². The maximum Gasteiger partial charge on any atom is 0.261 e. The SMILES string of the molecule is Cc1cccc(O[C@H](C)C(=O)NC(C)(C)Cc2ccccc2)c1C. The summed E-state index contributed by atoms with van der Waals surface area (Å²) in [5.41, 5.74) is 3.09. The van der Waals surface area contributed by atoms with Crippen LogP contribution in [0.25, 0.3) is 0 Å². The standard InChI is InChI=1S/C21H27NO2/c1-15-10-9-13-19(16(15)2)24-17(3)20(23)22-21(4,5)14-18-11-7-6-8-12-18/h6-13,17H,14H2,1-5H3,(H,22,23)/t17-/m1/s1. The van der Waals surface area contributed by atoms with Crippen LogP contribution >= 0.6 is 0 Å². The van der Waals surface area contributed by atoms with Gasteiger partial charge in [-0.05, 0) is 63.8 Å². The summed E-state index contributed by atoms with van der Waals surface area (Å²) in [6, 6.07) is 16.1. The van der Waals surface area contributed by atoms with Crippen LogP contribution in [0.4, 0.5) is 0 Å². The van der Waals surface area contributed by atoms with Gasteiger partial charge in [-0.15, -0.1) is 0 Å². The van der Waals surface area contributed by atoms with Gasteiger partial charge >= 0.3 is 0 Å². The van der Waals surface area contributed by atoms with Crippen molar-refractivity contribution in [2.75, 3.05) is 0 Å². The summed E-state index contributed by atoms with van der Waals surface area (Å²) >= 11 is 0. The van der Waals surface area contributed by atoms with E-state index in [1.54, 1.807) is 6.92 Å². The molecule has 0 radical (unpaired) electrons. The molecule has 0 aliphatic carbocycles. The van der Waals surface area contributed by atoms with Gasteiger partial charge in [-0.25, -0.2) is 0 Å². The molecular formula is C21H27NO2. The minimum Gasteiger partial charge on any atom is -0.481 e. The topological polar surface area (TPSA) is 38.3 Å². The Morgan fingerprint density at radius 1 is 1.08 bits per heavy atom. The average molecular weight is 325 g/mol. The van der Waals surface area contributed by atoms with Gasteiger partial charge in [0, 0.05) is 5.54 Å². The second kappa shape index (κ2) is 7.52. The predicted octanol–water partition coefficient (Wildman–Crippen LogP) is 4.21. The van der Waals surface area contributed by atoms with E-state index < -0.39 is 6.10 Å². The Labute approximate surface area is 145 Å². The average Bonchev–Trinajstić information content (AvgIpc) is 2.51. The number of ether oxygens (including phenoxy) is 1. The van der Waals surface area contributed by atoms with Gasteiger partial charge in [-0.3, -0.25) is 4.79 Å². The molecule has 3 heteroatoms. The van der Waals surface area contributed by atoms with E-state index in [-0.39, 0.29) is 11.4 Å². The maximum atomic E-state index is 12.5. The highest BCUT2D eigenvalue weighted by Gasteiger charge is 2.25. The molecule has 0 aliphatic heterocycles. The van der Waals surface area contributed by atoms with Crippen LogP contribution in [-0.2, 0) is 11.2 Å². The fourth-order valence-electron chi connectivity index (χ4n) is 2.68. The Hall–Kier alpha value is -2.29. The molecule has 1 N–H and O–H groups in total. The van der Waals surface area contributed by atoms with Gasteiger partial charge in [0.25, 0.3) is 5.91 Å². The number of aryl methyl sites for hydroxylation is 1. The first-order valence-corrected chi connectivity index (χ1v) is 8.37. The third-order valence-electron chi connectivity index (χ3n) is 4.18. The van der Waals surface area contributed by atoms with Crippen molar-refractivity contribution in [3.8, 4) is 5.75 Å². The summed E-state index contributed by atoms with van der Waals surface area (Å²) in [6.07, 6.45) is 0.232. The van der Waals surface area contributed by atoms with Gasteiger partial charge in [0.2, 0.25) is 0 Å². The van der Waals surface area contributed by atoms with Crippen molar-refractivity contribution in [2.24, 2.45) is 0 Å². The lowest BCUT2D eigenvalue weighted by Crippen LogP contribution is -2.49. The van der Waals surface area contributed by atoms with E-state index >= 15 is 0 Å². The highest BCUT2D eigenvalue weighted by atomic mass is 16.5. The zero-order chi connectivity index (χ0) is 17.7. The fourth-order valence-corrected chi connectivity index (χ4v) is 2.68. The van der Waals surface area contributed by atoms with Crippen molar-refractivity contribution in [1.29, 1.82) is 0 Å². The molecule has 0 bridgehead atoms. The summed E-state index contributed by atoms with van der Waals surface area (Å²) in [5.74, 6) is 0.662. The molecule has 0 saturated carbocycles. The molecule has 0 spiro atoms. The third kappa shape index (κ3) is 4.85. The van der Waals surface area contributed by atoms with Crippen molar-refractivity contribution < 1.29 is 9.53 Å². The van der Waals surface area contributed by atoms with Crippen LogP contribution in [0, 0.1) is 13.8 Å². The van der Waals surface area contributed by atoms with E-state index in [0.29, 0.717) is 0 Å². The van der Waals surface area contributed by atoms with Crippen LogP contribution in [0.5, 0.6) is 5.75 Å². The van der Waals surface area contributed by atoms with Crippen molar-refractivity contribution in [2.45, 2.75) is 52.7 Å². The van der Waals surface area contributed by atoms with E-state index in [4.69, 9.17) is 4.74 Å². The maximum absolute atomic E-state index is 12.5. The van der Waals surface area contributed by atoms with Crippen LogP contribution in [0.2, 0.25) is 0 Å². The zero-order valence-corrected chi connectivity index (χ0v) is 15.2. The quantitative estimate of drug-likeness (QED) is 0.864. The third-order valence-corrected chi connectivity index (χ3v) is 4.18. The molecule has 0 aliphatic rings. The normalized spacial score (nSPS) is 12.5. The largest absolute Gasteiger partial charge is 0.481 e. The van der Waals surface area contributed by atoms with Crippen LogP contribution in [0.3, 0.4) is 0 Å². The Balaban J connectivity index is 1.99. The minimum atomic E-state index is -0.541. The van der Waals surface area contributed by atoms with Gasteiger partial charge in [-0.2, -0.15) is 0 Å². The highest BCUT2D eigenvalue weighted by Crippen LogP contribution is 2.22. The lowest BCUT2D eigenvalue weighted by molar-refractivity contribution is -0.128. The predicted molar refractivity (Wildman–Crippen MR) is 98.4 cm³/mol. The van der Waals surface area contributed by atoms with Crippen LogP contribution in [0.1, 0.15) is 37.5 Å². The molecule has 2 aromatic carbocycles. The monoisotopic (exact) mass is 325 g/mol. The summed E-state index contributed by atoms with van der Waals surface area (Å²) in [5, 5.41) is 3.09. The van der Waals surface area contributed by atoms with Crippen molar-refractivity contribution in [3.05, 3.63) is 65.2 Å². The highest BCUT2D eigenvalue weighted by molar-refractivity contribution is 5.81. The number of hydrogen-bond donors (Lipinski definition) is 1. The Morgan fingerprint density at radius 3 is 2.42 bits per heavy atom. The lowest BCUT2D eigenvalue weighted by Gasteiger charge is -2.28. The molecule has 2 aromatic rings. The number of carbonyl (C=O) groups excluding carboxylic acids is 1. The Bertz CT molecular complexity index is 692. The van der Waals surface area contributed by atoms with Crippen LogP contribution in [0.15, 0.2) is 48.5 Å². The summed E-state index contributed by atoms with van der Waals surface area (Å²) in [7, 11) is 0. The first-order valence-electron chi connectivity index (χ1n) is 8.37. The molecule has 0 fully saturated rings. The zero-order valence-electron chi connectivity index (χ0n) is 15.2. The second-order valence-electron chi connectivity index (χ2n) is 6.99. The van der Waals surface area contributed by atoms with Gasteiger partial charge in [0.15, 0.2) is 6.10 Å². The number of carbonyl (C=O) groups is 1. The summed E-state index contributed by atoms with van der Waals surface area (Å²) < 4.78 is 5.87. The molecule has 0 unspecified atom stereocenters. The van der Waals surface area contributed by atoms with Crippen LogP contribution in [-0.4, -0.2) is 17.6 Å². The number of benzene rings is 2. The number of nitrogens with one attached hydrogen (secondary N) is 1. The molecule has 128 valence electrons. The number of rotatable bonds is 6. The molecule has 2 rings (SSSR count). The molecular weight excluding hydrogens is 298 g/mol. The van der Waals surface area contributed by atoms with E-state index in [9.17, 15) is 4.79 Å². The van der Waals surface area contributed by atoms with E-state index in [2.05, 4.69) is 17.4 Å². The van der Waals surface area contributed by atoms with Crippen molar-refractivity contribution in [1.82, 2.24) is 5.32 Å². The van der Waals surface area contributed by atoms with E-state index in [1.807, 2.05) is 64.1 Å². The fraction of sp³-hybridized carbons (Fsp3) is 0.381. The molecule has 1 amide bonds. The molecule has 0 aromatic heterocycles. The number of amides is 1. The first-order chi connectivity index (χ1) is 11.3. The van der Waals surface area contributed by atoms with E-state index in [0.717, 1.165) is 23.3 Å². The molecule has 3 nitrogen and oxygen atoms in total. The molecule has 1 atom stereocenters. The molecule has 24 heavy (non-hydrogen) atoms. The summed E-state index contributed by atoms with van der Waals surface area (Å²) in [6.45, 7) is 9.89. The van der Waals surface area contributed by atoms with Gasteiger partial charge in [0.1, 0.15) is 5.75 Å². The van der Waals surface area contributed by atoms with Gasteiger partial charge < -0.3 is 10.1 Å². The summed E-state index contributed by atoms with van der Waals surface area (Å²) in [4.78, 5) is 12.5. The van der Waals surface area contributed by atoms with E-state index in [1.165, 1.54) is 5.56 Å². The van der Waals surface area contributed by atoms with Crippen LogP contribution < -0.4 is 10.1 Å². The lowest BCUT2D eigenvalue weighted by atomic mass is 9.94. The van der Waals surface area contributed by atoms with Gasteiger partial charge in [-0.1, -0.05) is 42.5 Å². The first kappa shape index (κ1) is 18.1. The minimum absolute atomic E-state index is 0.100. The Kier molecular flexibility index (Phi) is 5.66. The number of hydrogen-bond acceptors (Lipinski definition) is 2. The van der Waals surface area contributed by atoms with Crippen molar-refractivity contribution in [3.63, 3.8) is 0 Å². The molecule has 0 saturated heterocycles. The second-order valence-corrected chi connectivity index (χ2v) is 6.99. The van der Waals surface area contributed by atoms with Crippen molar-refractivity contribution >= 4 is 5.91 Å². The smallest absolute Gasteiger partial charge is 0.261 e. The molecule has 0 heterocycles. The Morgan fingerprint density at radius 2 is 1.75 bits per heavy atom.